The number of piperidine rings is 2. The second-order valence-corrected chi connectivity index (χ2v) is 7.66. The molecule has 2 aliphatic rings. The van der Waals surface area contributed by atoms with Gasteiger partial charge in [-0.2, -0.15) is 0 Å². The fourth-order valence-electron chi connectivity index (χ4n) is 3.96. The van der Waals surface area contributed by atoms with Gasteiger partial charge in [0, 0.05) is 25.3 Å². The molecule has 2 aliphatic heterocycles. The number of hydrogen-bond acceptors (Lipinski definition) is 3. The Hall–Kier alpha value is -1.59. The van der Waals surface area contributed by atoms with Crippen molar-refractivity contribution in [3.8, 4) is 0 Å². The normalized spacial score (nSPS) is 22.5. The van der Waals surface area contributed by atoms with E-state index in [0.29, 0.717) is 5.92 Å². The van der Waals surface area contributed by atoms with E-state index in [9.17, 15) is 4.79 Å². The zero-order valence-electron chi connectivity index (χ0n) is 15.4. The number of urea groups is 1. The van der Waals surface area contributed by atoms with Crippen LogP contribution in [0.1, 0.15) is 31.2 Å². The highest BCUT2D eigenvalue weighted by molar-refractivity contribution is 5.89. The maximum Gasteiger partial charge on any atom is 0.319 e. The van der Waals surface area contributed by atoms with Gasteiger partial charge in [0.2, 0.25) is 0 Å². The smallest absolute Gasteiger partial charge is 0.319 e. The fraction of sp³-hybridized carbons (Fsp3) is 0.650. The van der Waals surface area contributed by atoms with Crippen molar-refractivity contribution in [2.75, 3.05) is 44.6 Å². The summed E-state index contributed by atoms with van der Waals surface area (Å²) in [4.78, 5) is 14.7. The molecule has 5 heteroatoms. The minimum Gasteiger partial charge on any atom is -0.338 e. The largest absolute Gasteiger partial charge is 0.338 e. The second-order valence-electron chi connectivity index (χ2n) is 7.66. The summed E-state index contributed by atoms with van der Waals surface area (Å²) in [7, 11) is 0. The molecule has 0 spiro atoms. The average Bonchev–Trinajstić information content (AvgIpc) is 2.63. The first-order valence-electron chi connectivity index (χ1n) is 9.73. The number of carbonyl (C=O) groups excluding carboxylic acids is 1. The monoisotopic (exact) mass is 344 g/mol. The number of hydrogen-bond donors (Lipinski definition) is 3. The lowest BCUT2D eigenvalue weighted by molar-refractivity contribution is 0.139. The van der Waals surface area contributed by atoms with Crippen LogP contribution in [0.3, 0.4) is 0 Å². The van der Waals surface area contributed by atoms with Gasteiger partial charge < -0.3 is 20.9 Å². The van der Waals surface area contributed by atoms with Crippen molar-refractivity contribution in [2.45, 2.75) is 32.6 Å². The SMILES string of the molecule is Cc1ccc(NC(=O)NCC2CCCN(CC3CCNCC3)C2)cc1. The quantitative estimate of drug-likeness (QED) is 0.770. The van der Waals surface area contributed by atoms with Crippen LogP contribution in [0.15, 0.2) is 24.3 Å². The molecule has 1 unspecified atom stereocenters. The Bertz CT molecular complexity index is 539. The molecule has 0 bridgehead atoms. The summed E-state index contributed by atoms with van der Waals surface area (Å²) in [5, 5.41) is 9.41. The molecule has 25 heavy (non-hydrogen) atoms. The molecule has 1 aromatic rings. The van der Waals surface area contributed by atoms with E-state index < -0.39 is 0 Å². The van der Waals surface area contributed by atoms with E-state index >= 15 is 0 Å². The van der Waals surface area contributed by atoms with Gasteiger partial charge in [-0.25, -0.2) is 4.79 Å². The van der Waals surface area contributed by atoms with Gasteiger partial charge in [-0.3, -0.25) is 0 Å². The molecule has 2 heterocycles. The molecule has 5 nitrogen and oxygen atoms in total. The summed E-state index contributed by atoms with van der Waals surface area (Å²) >= 11 is 0. The van der Waals surface area contributed by atoms with Crippen LogP contribution in [0.5, 0.6) is 0 Å². The predicted molar refractivity (Wildman–Crippen MR) is 103 cm³/mol. The Kier molecular flexibility index (Phi) is 6.70. The third-order valence-corrected chi connectivity index (χ3v) is 5.44. The minimum absolute atomic E-state index is 0.0978. The zero-order valence-corrected chi connectivity index (χ0v) is 15.4. The van der Waals surface area contributed by atoms with E-state index in [1.54, 1.807) is 0 Å². The van der Waals surface area contributed by atoms with Gasteiger partial charge in [-0.1, -0.05) is 17.7 Å². The van der Waals surface area contributed by atoms with Crippen LogP contribution in [0, 0.1) is 18.8 Å². The number of rotatable bonds is 5. The molecule has 0 saturated carbocycles. The van der Waals surface area contributed by atoms with Crippen molar-refractivity contribution >= 4 is 11.7 Å². The Morgan fingerprint density at radius 2 is 1.92 bits per heavy atom. The second kappa shape index (κ2) is 9.20. The van der Waals surface area contributed by atoms with Crippen LogP contribution in [-0.4, -0.2) is 50.2 Å². The van der Waals surface area contributed by atoms with Crippen molar-refractivity contribution < 1.29 is 4.79 Å². The lowest BCUT2D eigenvalue weighted by atomic mass is 9.93. The number of benzene rings is 1. The van der Waals surface area contributed by atoms with Crippen LogP contribution < -0.4 is 16.0 Å². The van der Waals surface area contributed by atoms with Crippen molar-refractivity contribution in [2.24, 2.45) is 11.8 Å². The Balaban J connectivity index is 1.38. The fourth-order valence-corrected chi connectivity index (χ4v) is 3.96. The average molecular weight is 345 g/mol. The van der Waals surface area contributed by atoms with Gasteiger partial charge in [0.25, 0.3) is 0 Å². The lowest BCUT2D eigenvalue weighted by Crippen LogP contribution is -2.44. The van der Waals surface area contributed by atoms with Gasteiger partial charge in [0.1, 0.15) is 0 Å². The number of carbonyl (C=O) groups is 1. The van der Waals surface area contributed by atoms with E-state index in [1.165, 1.54) is 57.4 Å². The number of anilines is 1. The highest BCUT2D eigenvalue weighted by Crippen LogP contribution is 2.20. The third kappa shape index (κ3) is 6.01. The van der Waals surface area contributed by atoms with Gasteiger partial charge >= 0.3 is 6.03 Å². The number of likely N-dealkylation sites (tertiary alicyclic amines) is 1. The molecule has 1 aromatic carbocycles. The number of nitrogens with zero attached hydrogens (tertiary/aromatic N) is 1. The highest BCUT2D eigenvalue weighted by Gasteiger charge is 2.23. The first-order chi connectivity index (χ1) is 12.2. The van der Waals surface area contributed by atoms with Crippen molar-refractivity contribution in [3.05, 3.63) is 29.8 Å². The standard InChI is InChI=1S/C20H32N4O/c1-16-4-6-19(7-5-16)23-20(25)22-13-18-3-2-12-24(15-18)14-17-8-10-21-11-9-17/h4-7,17-18,21H,2-3,8-15H2,1H3,(H2,22,23,25). The Morgan fingerprint density at radius 3 is 2.68 bits per heavy atom. The first kappa shape index (κ1) is 18.2. The first-order valence-corrected chi connectivity index (χ1v) is 9.73. The molecule has 3 rings (SSSR count). The topological polar surface area (TPSA) is 56.4 Å². The summed E-state index contributed by atoms with van der Waals surface area (Å²) in [6, 6.07) is 7.80. The van der Waals surface area contributed by atoms with Crippen molar-refractivity contribution in [3.63, 3.8) is 0 Å². The van der Waals surface area contributed by atoms with E-state index in [-0.39, 0.29) is 6.03 Å². The summed E-state index contributed by atoms with van der Waals surface area (Å²) in [6.45, 7) is 8.72. The molecular formula is C20H32N4O. The number of aryl methyl sites for hydroxylation is 1. The van der Waals surface area contributed by atoms with Crippen LogP contribution in [0.25, 0.3) is 0 Å². The summed E-state index contributed by atoms with van der Waals surface area (Å²) < 4.78 is 0. The van der Waals surface area contributed by atoms with E-state index in [0.717, 1.165) is 24.7 Å². The van der Waals surface area contributed by atoms with Crippen molar-refractivity contribution in [1.29, 1.82) is 0 Å². The molecule has 1 atom stereocenters. The number of nitrogens with one attached hydrogen (secondary N) is 3. The van der Waals surface area contributed by atoms with Crippen LogP contribution in [0.4, 0.5) is 10.5 Å². The van der Waals surface area contributed by atoms with E-state index in [2.05, 4.69) is 20.9 Å². The minimum atomic E-state index is -0.0978. The van der Waals surface area contributed by atoms with Gasteiger partial charge in [-0.15, -0.1) is 0 Å². The maximum atomic E-state index is 12.1. The summed E-state index contributed by atoms with van der Waals surface area (Å²) in [5.74, 6) is 1.41. The lowest BCUT2D eigenvalue weighted by Gasteiger charge is -2.36. The highest BCUT2D eigenvalue weighted by atomic mass is 16.2. The Labute approximate surface area is 151 Å². The molecule has 0 aromatic heterocycles. The number of amides is 2. The van der Waals surface area contributed by atoms with Crippen molar-refractivity contribution in [1.82, 2.24) is 15.5 Å². The predicted octanol–water partition coefficient (Wildman–Crippen LogP) is 2.83. The third-order valence-electron chi connectivity index (χ3n) is 5.44. The molecule has 2 saturated heterocycles. The summed E-state index contributed by atoms with van der Waals surface area (Å²) in [6.07, 6.45) is 5.07. The molecule has 138 valence electrons. The Morgan fingerprint density at radius 1 is 1.16 bits per heavy atom. The van der Waals surface area contributed by atoms with Crippen LogP contribution in [-0.2, 0) is 0 Å². The van der Waals surface area contributed by atoms with E-state index in [4.69, 9.17) is 0 Å². The van der Waals surface area contributed by atoms with Crippen LogP contribution >= 0.6 is 0 Å². The molecule has 2 fully saturated rings. The van der Waals surface area contributed by atoms with Gasteiger partial charge in [0.15, 0.2) is 0 Å². The van der Waals surface area contributed by atoms with Crippen LogP contribution in [0.2, 0.25) is 0 Å². The molecule has 0 radical (unpaired) electrons. The molecule has 3 N–H and O–H groups in total. The molecule has 2 amide bonds. The molecule has 0 aliphatic carbocycles. The van der Waals surface area contributed by atoms with Gasteiger partial charge in [-0.05, 0) is 76.2 Å². The maximum absolute atomic E-state index is 12.1. The zero-order chi connectivity index (χ0) is 17.5. The van der Waals surface area contributed by atoms with E-state index in [1.807, 2.05) is 31.2 Å². The summed E-state index contributed by atoms with van der Waals surface area (Å²) in [5.41, 5.74) is 2.04. The molecular weight excluding hydrogens is 312 g/mol. The van der Waals surface area contributed by atoms with Gasteiger partial charge in [0.05, 0.1) is 0 Å².